The highest BCUT2D eigenvalue weighted by atomic mass is 16.5. The lowest BCUT2D eigenvalue weighted by Gasteiger charge is -2.34. The standard InChI is InChI=1S/C14H24N2O5/c1-11-9-16(5-2-6-21-11)13(19)15-10-14(12(17)18)3-7-20-8-4-14/h11H,2-10H2,1H3,(H,15,19)(H,17,18). The fourth-order valence-corrected chi connectivity index (χ4v) is 2.76. The zero-order valence-electron chi connectivity index (χ0n) is 12.5. The predicted molar refractivity (Wildman–Crippen MR) is 75.1 cm³/mol. The number of aliphatic carboxylic acids is 1. The Bertz CT molecular complexity index is 382. The number of carboxylic acids is 1. The number of amides is 2. The molecule has 0 aliphatic carbocycles. The Hall–Kier alpha value is -1.34. The van der Waals surface area contributed by atoms with E-state index in [1.54, 1.807) is 4.90 Å². The quantitative estimate of drug-likeness (QED) is 0.800. The average Bonchev–Trinajstić information content (AvgIpc) is 2.70. The highest BCUT2D eigenvalue weighted by molar-refractivity contribution is 5.78. The van der Waals surface area contributed by atoms with E-state index in [1.165, 1.54) is 0 Å². The van der Waals surface area contributed by atoms with E-state index < -0.39 is 11.4 Å². The summed E-state index contributed by atoms with van der Waals surface area (Å²) in [5.41, 5.74) is -0.901. The molecule has 7 heteroatoms. The molecule has 0 aromatic rings. The first-order valence-corrected chi connectivity index (χ1v) is 7.49. The van der Waals surface area contributed by atoms with Crippen molar-refractivity contribution in [3.8, 4) is 0 Å². The first-order chi connectivity index (χ1) is 10.0. The topological polar surface area (TPSA) is 88.1 Å². The summed E-state index contributed by atoms with van der Waals surface area (Å²) in [5, 5.41) is 12.2. The zero-order valence-corrected chi connectivity index (χ0v) is 12.5. The number of hydrogen-bond acceptors (Lipinski definition) is 4. The molecule has 21 heavy (non-hydrogen) atoms. The molecule has 0 radical (unpaired) electrons. The van der Waals surface area contributed by atoms with E-state index in [2.05, 4.69) is 5.32 Å². The molecule has 2 amide bonds. The summed E-state index contributed by atoms with van der Waals surface area (Å²) >= 11 is 0. The maximum absolute atomic E-state index is 12.2. The van der Waals surface area contributed by atoms with Gasteiger partial charge in [-0.15, -0.1) is 0 Å². The molecule has 7 nitrogen and oxygen atoms in total. The number of rotatable bonds is 3. The van der Waals surface area contributed by atoms with Crippen molar-refractivity contribution in [3.63, 3.8) is 0 Å². The molecule has 120 valence electrons. The van der Waals surface area contributed by atoms with Crippen molar-refractivity contribution >= 4 is 12.0 Å². The van der Waals surface area contributed by atoms with Crippen LogP contribution in [0, 0.1) is 5.41 Å². The minimum absolute atomic E-state index is 0.00904. The summed E-state index contributed by atoms with van der Waals surface area (Å²) in [5.74, 6) is -0.862. The number of carbonyl (C=O) groups excluding carboxylic acids is 1. The van der Waals surface area contributed by atoms with E-state index in [0.29, 0.717) is 45.8 Å². The Morgan fingerprint density at radius 3 is 2.71 bits per heavy atom. The summed E-state index contributed by atoms with van der Waals surface area (Å²) in [6.07, 6.45) is 1.68. The molecule has 1 atom stereocenters. The largest absolute Gasteiger partial charge is 0.481 e. The van der Waals surface area contributed by atoms with Gasteiger partial charge >= 0.3 is 12.0 Å². The Balaban J connectivity index is 1.90. The van der Waals surface area contributed by atoms with E-state index in [9.17, 15) is 14.7 Å². The first-order valence-electron chi connectivity index (χ1n) is 7.49. The molecule has 2 aliphatic heterocycles. The second-order valence-electron chi connectivity index (χ2n) is 5.84. The minimum Gasteiger partial charge on any atom is -0.481 e. The molecule has 1 unspecified atom stereocenters. The van der Waals surface area contributed by atoms with E-state index in [1.807, 2.05) is 6.92 Å². The molecular formula is C14H24N2O5. The molecular weight excluding hydrogens is 276 g/mol. The normalized spacial score (nSPS) is 26.0. The van der Waals surface area contributed by atoms with Gasteiger partial charge in [0.1, 0.15) is 0 Å². The van der Waals surface area contributed by atoms with E-state index >= 15 is 0 Å². The average molecular weight is 300 g/mol. The second-order valence-corrected chi connectivity index (χ2v) is 5.84. The van der Waals surface area contributed by atoms with Gasteiger partial charge in [0, 0.05) is 39.5 Å². The van der Waals surface area contributed by atoms with Crippen LogP contribution < -0.4 is 5.32 Å². The van der Waals surface area contributed by atoms with Gasteiger partial charge in [0.15, 0.2) is 0 Å². The highest BCUT2D eigenvalue weighted by Crippen LogP contribution is 2.30. The zero-order chi connectivity index (χ0) is 15.3. The number of hydrogen-bond donors (Lipinski definition) is 2. The number of ether oxygens (including phenoxy) is 2. The van der Waals surface area contributed by atoms with Gasteiger partial charge in [-0.25, -0.2) is 4.79 Å². The number of carboxylic acid groups (broad SMARTS) is 1. The van der Waals surface area contributed by atoms with Crippen molar-refractivity contribution < 1.29 is 24.2 Å². The number of urea groups is 1. The van der Waals surface area contributed by atoms with Crippen LogP contribution in [0.4, 0.5) is 4.79 Å². The van der Waals surface area contributed by atoms with E-state index in [-0.39, 0.29) is 18.7 Å². The van der Waals surface area contributed by atoms with Crippen molar-refractivity contribution in [3.05, 3.63) is 0 Å². The summed E-state index contributed by atoms with van der Waals surface area (Å²) < 4.78 is 10.7. The summed E-state index contributed by atoms with van der Waals surface area (Å²) in [6.45, 7) is 4.77. The fraction of sp³-hybridized carbons (Fsp3) is 0.857. The van der Waals surface area contributed by atoms with Crippen LogP contribution in [0.25, 0.3) is 0 Å². The Morgan fingerprint density at radius 1 is 1.33 bits per heavy atom. The van der Waals surface area contributed by atoms with Gasteiger partial charge in [-0.1, -0.05) is 0 Å². The third-order valence-electron chi connectivity index (χ3n) is 4.22. The number of nitrogens with one attached hydrogen (secondary N) is 1. The maximum atomic E-state index is 12.2. The van der Waals surface area contributed by atoms with Crippen LogP contribution in [0.3, 0.4) is 0 Å². The second kappa shape index (κ2) is 7.09. The number of nitrogens with zero attached hydrogens (tertiary/aromatic N) is 1. The first kappa shape index (κ1) is 16.0. The molecule has 0 aromatic heterocycles. The lowest BCUT2D eigenvalue weighted by atomic mass is 9.80. The lowest BCUT2D eigenvalue weighted by Crippen LogP contribution is -2.50. The Labute approximate surface area is 124 Å². The molecule has 0 saturated carbocycles. The number of carbonyl (C=O) groups is 2. The highest BCUT2D eigenvalue weighted by Gasteiger charge is 2.40. The van der Waals surface area contributed by atoms with Crippen LogP contribution in [-0.4, -0.2) is 67.6 Å². The van der Waals surface area contributed by atoms with Gasteiger partial charge < -0.3 is 24.8 Å². The van der Waals surface area contributed by atoms with Gasteiger partial charge in [-0.2, -0.15) is 0 Å². The summed E-state index contributed by atoms with van der Waals surface area (Å²) in [4.78, 5) is 25.5. The smallest absolute Gasteiger partial charge is 0.317 e. The van der Waals surface area contributed by atoms with Gasteiger partial charge in [-0.05, 0) is 26.2 Å². The van der Waals surface area contributed by atoms with Gasteiger partial charge in [0.2, 0.25) is 0 Å². The van der Waals surface area contributed by atoms with Crippen LogP contribution in [-0.2, 0) is 14.3 Å². The van der Waals surface area contributed by atoms with Crippen LogP contribution in [0.5, 0.6) is 0 Å². The Kier molecular flexibility index (Phi) is 5.41. The Morgan fingerprint density at radius 2 is 2.05 bits per heavy atom. The van der Waals surface area contributed by atoms with Crippen molar-refractivity contribution in [2.24, 2.45) is 5.41 Å². The lowest BCUT2D eigenvalue weighted by molar-refractivity contribution is -0.154. The van der Waals surface area contributed by atoms with Crippen LogP contribution >= 0.6 is 0 Å². The fourth-order valence-electron chi connectivity index (χ4n) is 2.76. The molecule has 2 fully saturated rings. The SMILES string of the molecule is CC1CN(C(=O)NCC2(C(=O)O)CCOCC2)CCCO1. The third-order valence-corrected chi connectivity index (χ3v) is 4.22. The van der Waals surface area contributed by atoms with Crippen LogP contribution in [0.1, 0.15) is 26.2 Å². The van der Waals surface area contributed by atoms with Crippen LogP contribution in [0.2, 0.25) is 0 Å². The van der Waals surface area contributed by atoms with Crippen molar-refractivity contribution in [2.45, 2.75) is 32.3 Å². The molecule has 0 bridgehead atoms. The van der Waals surface area contributed by atoms with Crippen molar-refractivity contribution in [1.82, 2.24) is 10.2 Å². The molecule has 2 saturated heterocycles. The molecule has 2 aliphatic rings. The summed E-state index contributed by atoms with van der Waals surface area (Å²) in [6, 6.07) is -0.209. The molecule has 2 rings (SSSR count). The molecule has 2 heterocycles. The van der Waals surface area contributed by atoms with Gasteiger partial charge in [0.05, 0.1) is 11.5 Å². The third kappa shape index (κ3) is 4.07. The van der Waals surface area contributed by atoms with E-state index in [0.717, 1.165) is 6.42 Å². The molecule has 0 aromatic carbocycles. The van der Waals surface area contributed by atoms with Gasteiger partial charge in [-0.3, -0.25) is 4.79 Å². The molecule has 2 N–H and O–H groups in total. The van der Waals surface area contributed by atoms with Crippen molar-refractivity contribution in [1.29, 1.82) is 0 Å². The van der Waals surface area contributed by atoms with Gasteiger partial charge in [0.25, 0.3) is 0 Å². The predicted octanol–water partition coefficient (Wildman–Crippen LogP) is 0.688. The molecule has 0 spiro atoms. The monoisotopic (exact) mass is 300 g/mol. The maximum Gasteiger partial charge on any atom is 0.317 e. The minimum atomic E-state index is -0.901. The van der Waals surface area contributed by atoms with Crippen LogP contribution in [0.15, 0.2) is 0 Å². The van der Waals surface area contributed by atoms with Crippen molar-refractivity contribution in [2.75, 3.05) is 39.5 Å². The van der Waals surface area contributed by atoms with E-state index in [4.69, 9.17) is 9.47 Å². The summed E-state index contributed by atoms with van der Waals surface area (Å²) in [7, 11) is 0.